The highest BCUT2D eigenvalue weighted by Crippen LogP contribution is 2.32. The monoisotopic (exact) mass is 291 g/mol. The lowest BCUT2D eigenvalue weighted by Crippen LogP contribution is -2.07. The molecule has 0 aliphatic rings. The highest BCUT2D eigenvalue weighted by molar-refractivity contribution is 6.01. The molecule has 0 bridgehead atoms. The normalized spacial score (nSPS) is 10.7. The molecule has 3 nitrogen and oxygen atoms in total. The molecule has 22 heavy (non-hydrogen) atoms. The number of nitrogens with one attached hydrogen (secondary N) is 1. The van der Waals surface area contributed by atoms with E-state index in [1.807, 2.05) is 6.20 Å². The standard InChI is InChI=1S/C19H21N3/c1-4-20-19-17-8-6-5-7-16(17)18(13-21-19)14-9-11-15(12-10-14)22(2)3/h5-13H,4H2,1-3H3,(H,20,21). The van der Waals surface area contributed by atoms with Crippen molar-refractivity contribution in [3.63, 3.8) is 0 Å². The van der Waals surface area contributed by atoms with Crippen LogP contribution in [0, 0.1) is 0 Å². The molecule has 0 unspecified atom stereocenters. The quantitative estimate of drug-likeness (QED) is 0.772. The van der Waals surface area contributed by atoms with Gasteiger partial charge in [0.2, 0.25) is 0 Å². The Kier molecular flexibility index (Phi) is 3.96. The molecule has 0 saturated carbocycles. The summed E-state index contributed by atoms with van der Waals surface area (Å²) in [6.45, 7) is 2.96. The molecule has 112 valence electrons. The molecule has 0 radical (unpaired) electrons. The predicted octanol–water partition coefficient (Wildman–Crippen LogP) is 4.40. The molecular formula is C19H21N3. The van der Waals surface area contributed by atoms with Crippen molar-refractivity contribution in [2.45, 2.75) is 6.92 Å². The number of hydrogen-bond acceptors (Lipinski definition) is 3. The van der Waals surface area contributed by atoms with Crippen LogP contribution in [0.3, 0.4) is 0 Å². The van der Waals surface area contributed by atoms with E-state index < -0.39 is 0 Å². The number of hydrogen-bond donors (Lipinski definition) is 1. The van der Waals surface area contributed by atoms with Crippen molar-refractivity contribution in [3.8, 4) is 11.1 Å². The average Bonchev–Trinajstić information content (AvgIpc) is 2.55. The molecule has 3 aromatic rings. The Morgan fingerprint density at radius 2 is 1.64 bits per heavy atom. The summed E-state index contributed by atoms with van der Waals surface area (Å²) in [5, 5.41) is 5.73. The van der Waals surface area contributed by atoms with Crippen LogP contribution in [0.25, 0.3) is 21.9 Å². The van der Waals surface area contributed by atoms with E-state index in [-0.39, 0.29) is 0 Å². The van der Waals surface area contributed by atoms with Crippen LogP contribution >= 0.6 is 0 Å². The first-order valence-electron chi connectivity index (χ1n) is 7.60. The van der Waals surface area contributed by atoms with Gasteiger partial charge in [0, 0.05) is 43.5 Å². The van der Waals surface area contributed by atoms with Crippen molar-refractivity contribution in [2.24, 2.45) is 0 Å². The van der Waals surface area contributed by atoms with Crippen molar-refractivity contribution in [1.82, 2.24) is 4.98 Å². The zero-order chi connectivity index (χ0) is 15.5. The number of benzene rings is 2. The van der Waals surface area contributed by atoms with Crippen LogP contribution in [0.15, 0.2) is 54.7 Å². The van der Waals surface area contributed by atoms with E-state index in [1.165, 1.54) is 27.6 Å². The molecule has 0 aliphatic carbocycles. The Bertz CT molecular complexity index is 776. The van der Waals surface area contributed by atoms with Crippen LogP contribution in [-0.2, 0) is 0 Å². The van der Waals surface area contributed by atoms with Gasteiger partial charge in [0.15, 0.2) is 0 Å². The second-order valence-corrected chi connectivity index (χ2v) is 5.54. The van der Waals surface area contributed by atoms with E-state index in [2.05, 4.69) is 84.8 Å². The van der Waals surface area contributed by atoms with Gasteiger partial charge in [-0.15, -0.1) is 0 Å². The van der Waals surface area contributed by atoms with Crippen LogP contribution in [0.5, 0.6) is 0 Å². The Balaban J connectivity index is 2.13. The van der Waals surface area contributed by atoms with E-state index in [1.54, 1.807) is 0 Å². The van der Waals surface area contributed by atoms with Crippen LogP contribution in [-0.4, -0.2) is 25.6 Å². The van der Waals surface area contributed by atoms with Crippen molar-refractivity contribution < 1.29 is 0 Å². The van der Waals surface area contributed by atoms with Gasteiger partial charge in [-0.3, -0.25) is 0 Å². The van der Waals surface area contributed by atoms with Crippen LogP contribution in [0.2, 0.25) is 0 Å². The minimum Gasteiger partial charge on any atom is -0.378 e. The van der Waals surface area contributed by atoms with Crippen molar-refractivity contribution in [2.75, 3.05) is 30.9 Å². The number of rotatable bonds is 4. The molecule has 0 aliphatic heterocycles. The van der Waals surface area contributed by atoms with Crippen LogP contribution < -0.4 is 10.2 Å². The SMILES string of the molecule is CCNc1ncc(-c2ccc(N(C)C)cc2)c2ccccc12. The third-order valence-corrected chi connectivity index (χ3v) is 3.83. The topological polar surface area (TPSA) is 28.2 Å². The van der Waals surface area contributed by atoms with Gasteiger partial charge in [-0.1, -0.05) is 36.4 Å². The summed E-state index contributed by atoms with van der Waals surface area (Å²) in [4.78, 5) is 6.71. The molecule has 0 atom stereocenters. The fourth-order valence-corrected chi connectivity index (χ4v) is 2.67. The van der Waals surface area contributed by atoms with E-state index >= 15 is 0 Å². The van der Waals surface area contributed by atoms with Crippen molar-refractivity contribution in [3.05, 3.63) is 54.7 Å². The molecule has 1 heterocycles. The van der Waals surface area contributed by atoms with E-state index in [0.29, 0.717) is 0 Å². The zero-order valence-corrected chi connectivity index (χ0v) is 13.3. The van der Waals surface area contributed by atoms with Crippen molar-refractivity contribution in [1.29, 1.82) is 0 Å². The second kappa shape index (κ2) is 6.06. The predicted molar refractivity (Wildman–Crippen MR) is 95.7 cm³/mol. The average molecular weight is 291 g/mol. The molecule has 0 spiro atoms. The largest absolute Gasteiger partial charge is 0.378 e. The molecular weight excluding hydrogens is 270 g/mol. The summed E-state index contributed by atoms with van der Waals surface area (Å²) in [7, 11) is 4.11. The van der Waals surface area contributed by atoms with Gasteiger partial charge in [0.25, 0.3) is 0 Å². The van der Waals surface area contributed by atoms with Crippen molar-refractivity contribution >= 4 is 22.3 Å². The Labute approximate surface area is 131 Å². The van der Waals surface area contributed by atoms with Gasteiger partial charge in [-0.25, -0.2) is 4.98 Å². The van der Waals surface area contributed by atoms with Gasteiger partial charge in [0.05, 0.1) is 0 Å². The second-order valence-electron chi connectivity index (χ2n) is 5.54. The summed E-state index contributed by atoms with van der Waals surface area (Å²) < 4.78 is 0. The zero-order valence-electron chi connectivity index (χ0n) is 13.3. The van der Waals surface area contributed by atoms with E-state index in [9.17, 15) is 0 Å². The molecule has 0 fully saturated rings. The van der Waals surface area contributed by atoms with Gasteiger partial charge in [-0.2, -0.15) is 0 Å². The third kappa shape index (κ3) is 2.62. The third-order valence-electron chi connectivity index (χ3n) is 3.83. The summed E-state index contributed by atoms with van der Waals surface area (Å²) in [6, 6.07) is 17.0. The first kappa shape index (κ1) is 14.4. The van der Waals surface area contributed by atoms with Gasteiger partial charge >= 0.3 is 0 Å². The lowest BCUT2D eigenvalue weighted by atomic mass is 10.00. The Morgan fingerprint density at radius 3 is 2.27 bits per heavy atom. The maximum absolute atomic E-state index is 4.61. The number of anilines is 2. The first-order chi connectivity index (χ1) is 10.7. The lowest BCUT2D eigenvalue weighted by Gasteiger charge is -2.14. The maximum Gasteiger partial charge on any atom is 0.133 e. The molecule has 0 saturated heterocycles. The summed E-state index contributed by atoms with van der Waals surface area (Å²) in [5.41, 5.74) is 3.56. The fraction of sp³-hybridized carbons (Fsp3) is 0.211. The maximum atomic E-state index is 4.61. The molecule has 1 aromatic heterocycles. The molecule has 3 rings (SSSR count). The highest BCUT2D eigenvalue weighted by atomic mass is 15.1. The Morgan fingerprint density at radius 1 is 0.955 bits per heavy atom. The number of aromatic nitrogens is 1. The molecule has 1 N–H and O–H groups in total. The number of pyridine rings is 1. The van der Waals surface area contributed by atoms with Gasteiger partial charge in [0.1, 0.15) is 5.82 Å². The molecule has 0 amide bonds. The van der Waals surface area contributed by atoms with Gasteiger partial charge in [-0.05, 0) is 30.0 Å². The van der Waals surface area contributed by atoms with Gasteiger partial charge < -0.3 is 10.2 Å². The lowest BCUT2D eigenvalue weighted by molar-refractivity contribution is 1.13. The highest BCUT2D eigenvalue weighted by Gasteiger charge is 2.08. The Hall–Kier alpha value is -2.55. The minimum absolute atomic E-state index is 0.869. The van der Waals surface area contributed by atoms with E-state index in [0.717, 1.165) is 12.4 Å². The summed E-state index contributed by atoms with van der Waals surface area (Å²) in [6.07, 6.45) is 1.96. The van der Waals surface area contributed by atoms with Crippen LogP contribution in [0.4, 0.5) is 11.5 Å². The van der Waals surface area contributed by atoms with Crippen LogP contribution in [0.1, 0.15) is 6.92 Å². The van der Waals surface area contributed by atoms with E-state index in [4.69, 9.17) is 0 Å². The summed E-state index contributed by atoms with van der Waals surface area (Å²) in [5.74, 6) is 0.951. The first-order valence-corrected chi connectivity index (χ1v) is 7.60. The fourth-order valence-electron chi connectivity index (χ4n) is 2.67. The molecule has 3 heteroatoms. The summed E-state index contributed by atoms with van der Waals surface area (Å²) >= 11 is 0. The minimum atomic E-state index is 0.869. The smallest absolute Gasteiger partial charge is 0.133 e. The number of nitrogens with zero attached hydrogens (tertiary/aromatic N) is 2. The number of fused-ring (bicyclic) bond motifs is 1. The molecule has 2 aromatic carbocycles.